The number of sulfone groups is 1. The zero-order valence-corrected chi connectivity index (χ0v) is 9.15. The van der Waals surface area contributed by atoms with Gasteiger partial charge in [-0.1, -0.05) is 0 Å². The first-order valence-electron chi connectivity index (χ1n) is 4.15. The second kappa shape index (κ2) is 4.03. The van der Waals surface area contributed by atoms with Gasteiger partial charge in [0.1, 0.15) is 5.69 Å². The minimum atomic E-state index is -3.50. The molecule has 7 heteroatoms. The van der Waals surface area contributed by atoms with Crippen molar-refractivity contribution >= 4 is 15.6 Å². The fraction of sp³-hybridized carbons (Fsp3) is 0.375. The molecule has 82 valence electrons. The summed E-state index contributed by atoms with van der Waals surface area (Å²) < 4.78 is 22.2. The molecule has 0 radical (unpaired) electrons. The summed E-state index contributed by atoms with van der Waals surface area (Å²) in [6.45, 7) is 1.50. The Morgan fingerprint density at radius 2 is 2.13 bits per heavy atom. The predicted octanol–water partition coefficient (Wildman–Crippen LogP) is -0.590. The third-order valence-electron chi connectivity index (χ3n) is 1.63. The number of rotatable bonds is 3. The Balaban J connectivity index is 3.20. The molecular formula is C8H11N3O3S. The lowest BCUT2D eigenvalue weighted by Gasteiger charge is -2.03. The normalized spacial score (nSPS) is 13.5. The van der Waals surface area contributed by atoms with Crippen LogP contribution in [0.1, 0.15) is 17.4 Å². The molecule has 0 spiro atoms. The van der Waals surface area contributed by atoms with Gasteiger partial charge in [-0.15, -0.1) is 0 Å². The first-order chi connectivity index (χ1) is 6.82. The number of ketones is 1. The summed E-state index contributed by atoms with van der Waals surface area (Å²) in [5.41, 5.74) is 5.38. The maximum atomic E-state index is 11.4. The smallest absolute Gasteiger partial charge is 0.247 e. The molecule has 0 aliphatic rings. The molecule has 0 saturated heterocycles. The Morgan fingerprint density at radius 1 is 1.53 bits per heavy atom. The SMILES string of the molecule is CC(N)C(=O)c1ccnc(S(C)(=O)=O)n1. The standard InChI is InChI=1S/C8H11N3O3S/c1-5(9)7(12)6-3-4-10-8(11-6)15(2,13)14/h3-5H,9H2,1-2H3. The van der Waals surface area contributed by atoms with Crippen molar-refractivity contribution in [2.24, 2.45) is 5.73 Å². The molecule has 1 aromatic rings. The number of nitrogens with two attached hydrogens (primary N) is 1. The van der Waals surface area contributed by atoms with Crippen LogP contribution in [0.2, 0.25) is 0 Å². The Hall–Kier alpha value is -1.34. The van der Waals surface area contributed by atoms with Gasteiger partial charge in [0.15, 0.2) is 5.78 Å². The summed E-state index contributed by atoms with van der Waals surface area (Å²) in [7, 11) is -3.50. The molecule has 0 aliphatic heterocycles. The highest BCUT2D eigenvalue weighted by Crippen LogP contribution is 2.04. The molecule has 0 saturated carbocycles. The number of hydrogen-bond donors (Lipinski definition) is 1. The lowest BCUT2D eigenvalue weighted by Crippen LogP contribution is -2.27. The average molecular weight is 229 g/mol. The van der Waals surface area contributed by atoms with Crippen LogP contribution in [0.5, 0.6) is 0 Å². The van der Waals surface area contributed by atoms with E-state index in [2.05, 4.69) is 9.97 Å². The van der Waals surface area contributed by atoms with Gasteiger partial charge in [-0.3, -0.25) is 4.79 Å². The monoisotopic (exact) mass is 229 g/mol. The first-order valence-corrected chi connectivity index (χ1v) is 6.04. The lowest BCUT2D eigenvalue weighted by atomic mass is 10.2. The van der Waals surface area contributed by atoms with Crippen molar-refractivity contribution in [3.05, 3.63) is 18.0 Å². The van der Waals surface area contributed by atoms with E-state index < -0.39 is 21.7 Å². The number of nitrogens with zero attached hydrogens (tertiary/aromatic N) is 2. The van der Waals surface area contributed by atoms with Crippen LogP contribution < -0.4 is 5.73 Å². The molecule has 0 amide bonds. The Morgan fingerprint density at radius 3 is 2.60 bits per heavy atom. The van der Waals surface area contributed by atoms with Crippen LogP contribution in [0.25, 0.3) is 0 Å². The van der Waals surface area contributed by atoms with Crippen LogP contribution in [0, 0.1) is 0 Å². The zero-order valence-electron chi connectivity index (χ0n) is 8.34. The molecule has 0 aliphatic carbocycles. The number of Topliss-reactive ketones (excluding diaryl/α,β-unsaturated/α-hetero) is 1. The van der Waals surface area contributed by atoms with Crippen molar-refractivity contribution in [3.8, 4) is 0 Å². The number of aromatic nitrogens is 2. The molecule has 1 heterocycles. The van der Waals surface area contributed by atoms with Crippen LogP contribution in [0.4, 0.5) is 0 Å². The van der Waals surface area contributed by atoms with Gasteiger partial charge in [-0.05, 0) is 13.0 Å². The van der Waals surface area contributed by atoms with Crippen molar-refractivity contribution in [3.63, 3.8) is 0 Å². The van der Waals surface area contributed by atoms with E-state index in [1.807, 2.05) is 0 Å². The van der Waals surface area contributed by atoms with Gasteiger partial charge in [-0.2, -0.15) is 0 Å². The molecule has 0 aromatic carbocycles. The van der Waals surface area contributed by atoms with Crippen LogP contribution in [-0.2, 0) is 9.84 Å². The van der Waals surface area contributed by atoms with Gasteiger partial charge in [0.2, 0.25) is 15.0 Å². The van der Waals surface area contributed by atoms with Gasteiger partial charge in [-0.25, -0.2) is 18.4 Å². The van der Waals surface area contributed by atoms with Crippen molar-refractivity contribution in [2.45, 2.75) is 18.1 Å². The molecule has 1 atom stereocenters. The van der Waals surface area contributed by atoms with Crippen LogP contribution in [0.15, 0.2) is 17.4 Å². The van der Waals surface area contributed by atoms with Crippen LogP contribution in [-0.4, -0.2) is 36.5 Å². The van der Waals surface area contributed by atoms with E-state index in [4.69, 9.17) is 5.73 Å². The van der Waals surface area contributed by atoms with Gasteiger partial charge in [0, 0.05) is 12.5 Å². The summed E-state index contributed by atoms with van der Waals surface area (Å²) in [4.78, 5) is 18.6. The number of carbonyl (C=O) groups excluding carboxylic acids is 1. The van der Waals surface area contributed by atoms with Crippen LogP contribution in [0.3, 0.4) is 0 Å². The molecule has 1 aromatic heterocycles. The second-order valence-electron chi connectivity index (χ2n) is 3.15. The first kappa shape index (κ1) is 11.7. The van der Waals surface area contributed by atoms with Gasteiger partial charge >= 0.3 is 0 Å². The van der Waals surface area contributed by atoms with Crippen molar-refractivity contribution in [1.82, 2.24) is 9.97 Å². The van der Waals surface area contributed by atoms with E-state index in [9.17, 15) is 13.2 Å². The molecule has 1 unspecified atom stereocenters. The average Bonchev–Trinajstić information content (AvgIpc) is 2.15. The Bertz CT molecular complexity index is 482. The van der Waals surface area contributed by atoms with Crippen molar-refractivity contribution in [2.75, 3.05) is 6.26 Å². The summed E-state index contributed by atoms with van der Waals surface area (Å²) in [5.74, 6) is -0.415. The molecule has 0 bridgehead atoms. The minimum Gasteiger partial charge on any atom is -0.321 e. The maximum absolute atomic E-state index is 11.4. The van der Waals surface area contributed by atoms with Crippen molar-refractivity contribution < 1.29 is 13.2 Å². The summed E-state index contributed by atoms with van der Waals surface area (Å²) in [6, 6.07) is 0.618. The van der Waals surface area contributed by atoms with E-state index in [1.165, 1.54) is 19.2 Å². The van der Waals surface area contributed by atoms with E-state index in [1.54, 1.807) is 0 Å². The topological polar surface area (TPSA) is 103 Å². The number of hydrogen-bond acceptors (Lipinski definition) is 6. The van der Waals surface area contributed by atoms with E-state index in [0.29, 0.717) is 0 Å². The van der Waals surface area contributed by atoms with Gasteiger partial charge < -0.3 is 5.73 Å². The summed E-state index contributed by atoms with van der Waals surface area (Å²) in [5, 5.41) is -0.367. The molecule has 6 nitrogen and oxygen atoms in total. The molecule has 15 heavy (non-hydrogen) atoms. The molecule has 2 N–H and O–H groups in total. The summed E-state index contributed by atoms with van der Waals surface area (Å²) in [6.07, 6.45) is 2.20. The highest BCUT2D eigenvalue weighted by Gasteiger charge is 2.16. The second-order valence-corrected chi connectivity index (χ2v) is 5.06. The summed E-state index contributed by atoms with van der Waals surface area (Å²) >= 11 is 0. The highest BCUT2D eigenvalue weighted by molar-refractivity contribution is 7.90. The largest absolute Gasteiger partial charge is 0.321 e. The number of carbonyl (C=O) groups is 1. The minimum absolute atomic E-state index is 0.0143. The molecule has 1 rings (SSSR count). The Labute approximate surface area is 87.5 Å². The van der Waals surface area contributed by atoms with Crippen LogP contribution >= 0.6 is 0 Å². The highest BCUT2D eigenvalue weighted by atomic mass is 32.2. The molecular weight excluding hydrogens is 218 g/mol. The fourth-order valence-electron chi connectivity index (χ4n) is 0.890. The third kappa shape index (κ3) is 2.80. The third-order valence-corrected chi connectivity index (χ3v) is 2.49. The lowest BCUT2D eigenvalue weighted by molar-refractivity contribution is 0.0962. The van der Waals surface area contributed by atoms with E-state index in [0.717, 1.165) is 6.26 Å². The Kier molecular flexibility index (Phi) is 3.15. The van der Waals surface area contributed by atoms with E-state index >= 15 is 0 Å². The van der Waals surface area contributed by atoms with Crippen molar-refractivity contribution in [1.29, 1.82) is 0 Å². The van der Waals surface area contributed by atoms with Gasteiger partial charge in [0.25, 0.3) is 0 Å². The van der Waals surface area contributed by atoms with Gasteiger partial charge in [0.05, 0.1) is 6.04 Å². The quantitative estimate of drug-likeness (QED) is 0.549. The fourth-order valence-corrected chi connectivity index (χ4v) is 1.41. The van der Waals surface area contributed by atoms with E-state index in [-0.39, 0.29) is 10.9 Å². The maximum Gasteiger partial charge on any atom is 0.247 e. The predicted molar refractivity (Wildman–Crippen MR) is 53.1 cm³/mol. The molecule has 0 fully saturated rings. The zero-order chi connectivity index (χ0) is 11.6.